The molecule has 0 bridgehead atoms. The number of rotatable bonds is 5. The van der Waals surface area contributed by atoms with Crippen LogP contribution in [0.1, 0.15) is 22.8 Å². The number of carbonyl (C=O) groups is 3. The first-order valence-corrected chi connectivity index (χ1v) is 11.1. The molecule has 0 saturated carbocycles. The minimum absolute atomic E-state index is 0.0319. The number of hydrogen-bond donors (Lipinski definition) is 1. The second kappa shape index (κ2) is 8.97. The molecule has 2 aromatic rings. The number of hydrogen-bond acceptors (Lipinski definition) is 7. The highest BCUT2D eigenvalue weighted by molar-refractivity contribution is 7.89. The average Bonchev–Trinajstić information content (AvgIpc) is 3.10. The summed E-state index contributed by atoms with van der Waals surface area (Å²) in [6.07, 6.45) is -0.229. The molecule has 10 nitrogen and oxygen atoms in total. The summed E-state index contributed by atoms with van der Waals surface area (Å²) in [5.41, 5.74) is 1.57. The third-order valence-electron chi connectivity index (χ3n) is 5.12. The van der Waals surface area contributed by atoms with Crippen molar-refractivity contribution in [2.75, 3.05) is 30.6 Å². The van der Waals surface area contributed by atoms with E-state index in [9.17, 15) is 22.8 Å². The topological polar surface area (TPSA) is 136 Å². The molecule has 170 valence electrons. The van der Waals surface area contributed by atoms with E-state index in [-0.39, 0.29) is 22.2 Å². The van der Waals surface area contributed by atoms with E-state index in [1.165, 1.54) is 43.3 Å². The maximum Gasteiger partial charge on any atom is 0.413 e. The first-order valence-electron chi connectivity index (χ1n) is 9.60. The molecule has 0 aliphatic carbocycles. The van der Waals surface area contributed by atoms with Crippen molar-refractivity contribution in [2.45, 2.75) is 24.3 Å². The van der Waals surface area contributed by atoms with Gasteiger partial charge in [0.2, 0.25) is 10.0 Å². The first-order chi connectivity index (χ1) is 15.0. The van der Waals surface area contributed by atoms with E-state index >= 15 is 0 Å². The molecule has 1 heterocycles. The van der Waals surface area contributed by atoms with Crippen LogP contribution in [-0.2, 0) is 30.7 Å². The minimum Gasteiger partial charge on any atom is -0.452 e. The van der Waals surface area contributed by atoms with Crippen LogP contribution in [0.5, 0.6) is 0 Å². The van der Waals surface area contributed by atoms with Crippen molar-refractivity contribution in [2.24, 2.45) is 5.14 Å². The van der Waals surface area contributed by atoms with Gasteiger partial charge in [0, 0.05) is 18.8 Å². The Bertz CT molecular complexity index is 1180. The van der Waals surface area contributed by atoms with Crippen LogP contribution < -0.4 is 14.9 Å². The fraction of sp³-hybridized carbons (Fsp3) is 0.286. The zero-order valence-electron chi connectivity index (χ0n) is 17.8. The summed E-state index contributed by atoms with van der Waals surface area (Å²) in [6, 6.07) is 10.3. The van der Waals surface area contributed by atoms with Gasteiger partial charge in [0.1, 0.15) is 0 Å². The molecule has 32 heavy (non-hydrogen) atoms. The molecule has 3 rings (SSSR count). The molecule has 1 aliphatic heterocycles. The Morgan fingerprint density at radius 3 is 2.53 bits per heavy atom. The molecule has 0 radical (unpaired) electrons. The molecule has 2 aromatic carbocycles. The Morgan fingerprint density at radius 1 is 1.19 bits per heavy atom. The Hall–Kier alpha value is -3.44. The molecule has 0 spiro atoms. The van der Waals surface area contributed by atoms with Crippen molar-refractivity contribution in [1.29, 1.82) is 0 Å². The van der Waals surface area contributed by atoms with E-state index < -0.39 is 34.6 Å². The number of para-hydroxylation sites is 1. The van der Waals surface area contributed by atoms with Crippen LogP contribution in [0.15, 0.2) is 47.4 Å². The lowest BCUT2D eigenvalue weighted by Crippen LogP contribution is -2.38. The summed E-state index contributed by atoms with van der Waals surface area (Å²) in [5.74, 6) is -1.24. The lowest BCUT2D eigenvalue weighted by atomic mass is 10.1. The number of anilines is 2. The third kappa shape index (κ3) is 4.58. The normalized spacial score (nSPS) is 15.1. The highest BCUT2D eigenvalue weighted by Gasteiger charge is 2.32. The smallest absolute Gasteiger partial charge is 0.413 e. The molecule has 1 unspecified atom stereocenters. The number of amides is 2. The third-order valence-corrected chi connectivity index (χ3v) is 6.04. The SMILES string of the molecule is COC(=O)N(C)c1ccccc1C(=O)OCC(=O)N1c2ccc(S(N)(=O)=O)cc2CC1C. The van der Waals surface area contributed by atoms with E-state index in [0.29, 0.717) is 17.7 Å². The van der Waals surface area contributed by atoms with Gasteiger partial charge in [0.15, 0.2) is 6.61 Å². The highest BCUT2D eigenvalue weighted by atomic mass is 32.2. The van der Waals surface area contributed by atoms with E-state index in [2.05, 4.69) is 4.74 Å². The Kier molecular flexibility index (Phi) is 6.51. The summed E-state index contributed by atoms with van der Waals surface area (Å²) in [6.45, 7) is 1.27. The zero-order valence-corrected chi connectivity index (χ0v) is 18.6. The number of ether oxygens (including phenoxy) is 2. The van der Waals surface area contributed by atoms with Gasteiger partial charge in [-0.15, -0.1) is 0 Å². The fourth-order valence-electron chi connectivity index (χ4n) is 3.61. The second-order valence-corrected chi connectivity index (χ2v) is 8.84. The van der Waals surface area contributed by atoms with E-state index in [4.69, 9.17) is 9.88 Å². The summed E-state index contributed by atoms with van der Waals surface area (Å²) in [7, 11) is -1.19. The standard InChI is InChI=1S/C21H23N3O7S/c1-13-10-14-11-15(32(22,28)29)8-9-17(14)24(13)19(25)12-31-20(26)16-6-4-5-7-18(16)23(2)21(27)30-3/h4-9,11,13H,10,12H2,1-3H3,(H2,22,28,29). The second-order valence-electron chi connectivity index (χ2n) is 7.27. The molecular formula is C21H23N3O7S. The van der Waals surface area contributed by atoms with E-state index in [0.717, 1.165) is 4.90 Å². The summed E-state index contributed by atoms with van der Waals surface area (Å²) < 4.78 is 33.1. The number of fused-ring (bicyclic) bond motifs is 1. The van der Waals surface area contributed by atoms with Crippen molar-refractivity contribution in [1.82, 2.24) is 0 Å². The summed E-state index contributed by atoms with van der Waals surface area (Å²) in [4.78, 5) is 39.9. The molecule has 2 N–H and O–H groups in total. The fourth-order valence-corrected chi connectivity index (χ4v) is 4.18. The molecular weight excluding hydrogens is 438 g/mol. The predicted molar refractivity (Wildman–Crippen MR) is 116 cm³/mol. The molecule has 0 aromatic heterocycles. The molecule has 0 fully saturated rings. The van der Waals surface area contributed by atoms with Crippen LogP contribution in [0.25, 0.3) is 0 Å². The monoisotopic (exact) mass is 461 g/mol. The largest absolute Gasteiger partial charge is 0.452 e. The number of carbonyl (C=O) groups excluding carboxylic acids is 3. The maximum atomic E-state index is 12.8. The number of nitrogens with two attached hydrogens (primary N) is 1. The van der Waals surface area contributed by atoms with Gasteiger partial charge >= 0.3 is 12.1 Å². The van der Waals surface area contributed by atoms with Crippen LogP contribution >= 0.6 is 0 Å². The molecule has 2 amide bonds. The average molecular weight is 461 g/mol. The quantitative estimate of drug-likeness (QED) is 0.669. The van der Waals surface area contributed by atoms with Crippen LogP contribution in [0.4, 0.5) is 16.2 Å². The summed E-state index contributed by atoms with van der Waals surface area (Å²) >= 11 is 0. The lowest BCUT2D eigenvalue weighted by Gasteiger charge is -2.23. The van der Waals surface area contributed by atoms with Crippen molar-refractivity contribution in [3.63, 3.8) is 0 Å². The number of esters is 1. The predicted octanol–water partition coefficient (Wildman–Crippen LogP) is 1.67. The van der Waals surface area contributed by atoms with Crippen LogP contribution in [-0.4, -0.2) is 53.2 Å². The molecule has 1 aliphatic rings. The van der Waals surface area contributed by atoms with Crippen molar-refractivity contribution >= 4 is 39.4 Å². The number of nitrogens with zero attached hydrogens (tertiary/aromatic N) is 2. The number of sulfonamides is 1. The molecule has 0 saturated heterocycles. The Balaban J connectivity index is 1.75. The highest BCUT2D eigenvalue weighted by Crippen LogP contribution is 2.34. The van der Waals surface area contributed by atoms with Gasteiger partial charge in [0.05, 0.1) is 23.3 Å². The van der Waals surface area contributed by atoms with Gasteiger partial charge in [-0.25, -0.2) is 23.1 Å². The van der Waals surface area contributed by atoms with Gasteiger partial charge in [-0.05, 0) is 49.2 Å². The number of primary sulfonamides is 1. The van der Waals surface area contributed by atoms with E-state index in [1.54, 1.807) is 25.1 Å². The number of methoxy groups -OCH3 is 1. The van der Waals surface area contributed by atoms with Gasteiger partial charge in [-0.1, -0.05) is 12.1 Å². The first kappa shape index (κ1) is 23.2. The van der Waals surface area contributed by atoms with Crippen molar-refractivity contribution < 1.29 is 32.3 Å². The van der Waals surface area contributed by atoms with Gasteiger partial charge < -0.3 is 14.4 Å². The Morgan fingerprint density at radius 2 is 1.88 bits per heavy atom. The van der Waals surface area contributed by atoms with Crippen molar-refractivity contribution in [3.8, 4) is 0 Å². The van der Waals surface area contributed by atoms with Gasteiger partial charge in [-0.2, -0.15) is 0 Å². The van der Waals surface area contributed by atoms with Crippen LogP contribution in [0.2, 0.25) is 0 Å². The van der Waals surface area contributed by atoms with Crippen molar-refractivity contribution in [3.05, 3.63) is 53.6 Å². The van der Waals surface area contributed by atoms with Gasteiger partial charge in [0.25, 0.3) is 5.91 Å². The zero-order chi connectivity index (χ0) is 23.6. The number of benzene rings is 2. The van der Waals surface area contributed by atoms with E-state index in [1.807, 2.05) is 0 Å². The maximum absolute atomic E-state index is 12.8. The molecule has 11 heteroatoms. The Labute approximate surface area is 185 Å². The molecule has 1 atom stereocenters. The van der Waals surface area contributed by atoms with Crippen LogP contribution in [0.3, 0.4) is 0 Å². The van der Waals surface area contributed by atoms with Crippen LogP contribution in [0, 0.1) is 0 Å². The van der Waals surface area contributed by atoms with Gasteiger partial charge in [-0.3, -0.25) is 9.69 Å². The summed E-state index contributed by atoms with van der Waals surface area (Å²) in [5, 5.41) is 5.18. The minimum atomic E-state index is -3.86. The lowest BCUT2D eigenvalue weighted by molar-refractivity contribution is -0.122.